The van der Waals surface area contributed by atoms with E-state index >= 15 is 0 Å². The zero-order valence-electron chi connectivity index (χ0n) is 50.3. The van der Waals surface area contributed by atoms with Crippen LogP contribution in [0.1, 0.15) is 48.4 Å². The first-order valence-corrected chi connectivity index (χ1v) is 29.3. The van der Waals surface area contributed by atoms with Gasteiger partial charge in [-0.25, -0.2) is 14.2 Å². The highest BCUT2D eigenvalue weighted by atomic mass is 16.5. The highest BCUT2D eigenvalue weighted by molar-refractivity contribution is 6.09. The van der Waals surface area contributed by atoms with Crippen LogP contribution in [0.25, 0.3) is 89.1 Å². The molecule has 7 aromatic rings. The van der Waals surface area contributed by atoms with Crippen molar-refractivity contribution in [1.29, 1.82) is 0 Å². The van der Waals surface area contributed by atoms with Gasteiger partial charge in [-0.1, -0.05) is 99.2 Å². The fourth-order valence-corrected chi connectivity index (χ4v) is 10.5. The Balaban J connectivity index is 0.000000163. The summed E-state index contributed by atoms with van der Waals surface area (Å²) < 4.78 is 42.3. The van der Waals surface area contributed by atoms with Crippen LogP contribution >= 0.6 is 0 Å². The summed E-state index contributed by atoms with van der Waals surface area (Å²) in [6.07, 6.45) is 6.41. The number of carbonyl (C=O) groups excluding carboxylic acids is 2. The standard InChI is InChI=1S/C31H35N2O3.C26H20O5.C18H14O4/c1-6-19-35-31(34)25-14-12-11-13-24(25)30-26-17-15-22(32(7-2)8-3)20-28(26)36-29-21-23(16-18-27(29)30)33(9-4)10-5;1-3-13-29-18-10-12-22-24(16-18)31-23-15-17(27)9-11-21(23)25(22)19-7-5-6-8-20(19)26(28)30-14-4-2;1-2-11-21-13-9-7-12(8-10-13)18-17(20)16(19)14-5-3-4-6-15(14)22-18/h6,11-18,20-21H,1,7-10,19H2,2-5H3;3-12,15-16H,1-2,13-14H2;2-10,20H,1,11H2/q+1;;. The summed E-state index contributed by atoms with van der Waals surface area (Å²) in [4.78, 5) is 52.2. The summed E-state index contributed by atoms with van der Waals surface area (Å²) in [5.74, 6) is 1.43. The Hall–Kier alpha value is -11.0. The number of ether oxygens (including phenoxy) is 4. The Morgan fingerprint density at radius 1 is 0.506 bits per heavy atom. The van der Waals surface area contributed by atoms with Crippen LogP contribution in [0.2, 0.25) is 0 Å². The minimum absolute atomic E-state index is 0.113. The Morgan fingerprint density at radius 3 is 1.61 bits per heavy atom. The second-order valence-corrected chi connectivity index (χ2v) is 20.2. The van der Waals surface area contributed by atoms with Crippen LogP contribution < -0.4 is 35.2 Å². The molecule has 6 aromatic carbocycles. The molecule has 0 atom stereocenters. The maximum atomic E-state index is 13.0. The van der Waals surface area contributed by atoms with Gasteiger partial charge < -0.3 is 42.2 Å². The van der Waals surface area contributed by atoms with Crippen molar-refractivity contribution in [3.8, 4) is 73.5 Å². The predicted octanol–water partition coefficient (Wildman–Crippen LogP) is 15.4. The van der Waals surface area contributed by atoms with Gasteiger partial charge in [0.2, 0.25) is 16.5 Å². The maximum Gasteiger partial charge on any atom is 0.339 e. The van der Waals surface area contributed by atoms with E-state index in [-0.39, 0.29) is 30.4 Å². The molecule has 2 aliphatic heterocycles. The van der Waals surface area contributed by atoms with Crippen molar-refractivity contribution in [2.45, 2.75) is 27.7 Å². The van der Waals surface area contributed by atoms with Gasteiger partial charge >= 0.3 is 11.9 Å². The molecule has 0 amide bonds. The molecule has 0 radical (unpaired) electrons. The van der Waals surface area contributed by atoms with E-state index in [0.29, 0.717) is 69.3 Å². The summed E-state index contributed by atoms with van der Waals surface area (Å²) in [6, 6.07) is 51.4. The molecule has 1 N–H and O–H groups in total. The summed E-state index contributed by atoms with van der Waals surface area (Å²) in [5, 5.41) is 13.3. The fourth-order valence-electron chi connectivity index (χ4n) is 10.5. The van der Waals surface area contributed by atoms with E-state index in [1.54, 1.807) is 91.0 Å². The van der Waals surface area contributed by atoms with Gasteiger partial charge in [-0.3, -0.25) is 9.59 Å². The average Bonchev–Trinajstić information content (AvgIpc) is 0.950. The van der Waals surface area contributed by atoms with Gasteiger partial charge in [0, 0.05) is 81.6 Å². The summed E-state index contributed by atoms with van der Waals surface area (Å²) in [6.45, 7) is 27.8. The molecule has 3 heterocycles. The van der Waals surface area contributed by atoms with E-state index in [2.05, 4.69) is 99.9 Å². The minimum atomic E-state index is -0.455. The van der Waals surface area contributed by atoms with Crippen LogP contribution in [-0.2, 0) is 9.47 Å². The zero-order chi connectivity index (χ0) is 63.0. The summed E-state index contributed by atoms with van der Waals surface area (Å²) in [5.41, 5.74) is 8.72. The minimum Gasteiger partial charge on any atom is -0.502 e. The molecule has 0 unspecified atom stereocenters. The van der Waals surface area contributed by atoms with E-state index < -0.39 is 17.1 Å². The average molecular weight is 1190 g/mol. The molecule has 4 aliphatic rings. The van der Waals surface area contributed by atoms with Crippen LogP contribution in [0, 0.1) is 0 Å². The number of anilines is 1. The smallest absolute Gasteiger partial charge is 0.339 e. The number of para-hydroxylation sites is 1. The molecule has 0 saturated carbocycles. The number of aromatic hydroxyl groups is 1. The zero-order valence-corrected chi connectivity index (χ0v) is 50.3. The van der Waals surface area contributed by atoms with E-state index in [9.17, 15) is 24.3 Å². The SMILES string of the molecule is C=CCOC(=O)c1ccccc1-c1c2ccc(=O)cc-2oc2cc(OCC=C)ccc12.C=CCOC(=O)c1ccccc1-c1c2ccc(=[N+](CC)CC)cc-2oc2cc(N(CC)CC)ccc12.C=CCOc1ccc(-c2oc3ccccc3c(=O)c2O)cc1. The molecule has 2 aliphatic carbocycles. The van der Waals surface area contributed by atoms with Crippen LogP contribution in [0.5, 0.6) is 17.2 Å². The molecule has 89 heavy (non-hydrogen) atoms. The molecule has 14 heteroatoms. The number of rotatable bonds is 20. The van der Waals surface area contributed by atoms with E-state index in [4.69, 9.17) is 32.2 Å². The Bertz CT molecular complexity index is 4520. The lowest BCUT2D eigenvalue weighted by Crippen LogP contribution is -2.29. The third kappa shape index (κ3) is 14.0. The molecule has 0 fully saturated rings. The highest BCUT2D eigenvalue weighted by Crippen LogP contribution is 2.44. The molecular formula is C75H69N2O12+. The first-order valence-electron chi connectivity index (χ1n) is 29.3. The molecule has 1 aromatic heterocycles. The Morgan fingerprint density at radius 2 is 1.02 bits per heavy atom. The molecule has 11 rings (SSSR count). The van der Waals surface area contributed by atoms with Crippen molar-refractivity contribution < 1.29 is 46.9 Å². The fraction of sp³-hybridized carbons (Fsp3) is 0.160. The van der Waals surface area contributed by atoms with Crippen molar-refractivity contribution in [3.05, 3.63) is 257 Å². The number of hydrogen-bond donors (Lipinski definition) is 1. The number of esters is 2. The van der Waals surface area contributed by atoms with E-state index in [1.807, 2.05) is 48.5 Å². The molecule has 450 valence electrons. The lowest BCUT2D eigenvalue weighted by molar-refractivity contribution is 0.0541. The van der Waals surface area contributed by atoms with Crippen LogP contribution in [0.15, 0.2) is 243 Å². The van der Waals surface area contributed by atoms with Gasteiger partial charge in [0.15, 0.2) is 11.2 Å². The van der Waals surface area contributed by atoms with Crippen LogP contribution in [-0.4, -0.2) is 69.7 Å². The van der Waals surface area contributed by atoms with Gasteiger partial charge in [0.1, 0.15) is 79.3 Å². The van der Waals surface area contributed by atoms with Crippen LogP contribution in [0.3, 0.4) is 0 Å². The van der Waals surface area contributed by atoms with Gasteiger partial charge in [0.25, 0.3) is 0 Å². The number of fused-ring (bicyclic) bond motifs is 5. The Labute approximate surface area is 515 Å². The lowest BCUT2D eigenvalue weighted by atomic mass is 9.90. The second-order valence-electron chi connectivity index (χ2n) is 20.2. The van der Waals surface area contributed by atoms with E-state index in [0.717, 1.165) is 87.2 Å². The van der Waals surface area contributed by atoms with Crippen molar-refractivity contribution in [3.63, 3.8) is 0 Å². The number of nitrogens with zero attached hydrogens (tertiary/aromatic N) is 2. The maximum absolute atomic E-state index is 13.0. The van der Waals surface area contributed by atoms with Gasteiger partial charge in [0.05, 0.1) is 22.6 Å². The summed E-state index contributed by atoms with van der Waals surface area (Å²) in [7, 11) is 0. The topological polar surface area (TPSA) is 171 Å². The Kier molecular flexibility index (Phi) is 20.7. The lowest BCUT2D eigenvalue weighted by Gasteiger charge is -2.22. The third-order valence-corrected chi connectivity index (χ3v) is 14.7. The summed E-state index contributed by atoms with van der Waals surface area (Å²) >= 11 is 0. The van der Waals surface area contributed by atoms with Crippen molar-refractivity contribution in [2.24, 2.45) is 0 Å². The quantitative estimate of drug-likeness (QED) is 0.0331. The first kappa shape index (κ1) is 62.5. The van der Waals surface area contributed by atoms with Gasteiger partial charge in [-0.2, -0.15) is 0 Å². The van der Waals surface area contributed by atoms with E-state index in [1.165, 1.54) is 18.2 Å². The third-order valence-electron chi connectivity index (χ3n) is 14.7. The predicted molar refractivity (Wildman–Crippen MR) is 355 cm³/mol. The monoisotopic (exact) mass is 1190 g/mol. The molecule has 14 nitrogen and oxygen atoms in total. The van der Waals surface area contributed by atoms with Crippen LogP contribution in [0.4, 0.5) is 5.69 Å². The van der Waals surface area contributed by atoms with Crippen molar-refractivity contribution in [1.82, 2.24) is 4.58 Å². The first-order chi connectivity index (χ1) is 43.4. The number of hydrogen-bond acceptors (Lipinski definition) is 13. The van der Waals surface area contributed by atoms with Crippen molar-refractivity contribution >= 4 is 50.5 Å². The second kappa shape index (κ2) is 29.4. The van der Waals surface area contributed by atoms with Gasteiger partial charge in [-0.15, -0.1) is 0 Å². The molecule has 0 bridgehead atoms. The van der Waals surface area contributed by atoms with Gasteiger partial charge in [-0.05, 0) is 130 Å². The molecule has 0 spiro atoms. The largest absolute Gasteiger partial charge is 0.502 e. The molecule has 0 saturated heterocycles. The molecular weight excluding hydrogens is 1120 g/mol. The highest BCUT2D eigenvalue weighted by Gasteiger charge is 2.25. The van der Waals surface area contributed by atoms with Crippen molar-refractivity contribution in [2.75, 3.05) is 57.5 Å². The normalized spacial score (nSPS) is 10.8. The number of benzene rings is 8. The number of carbonyl (C=O) groups is 2.